The monoisotopic (exact) mass is 258 g/mol. The molecule has 1 N–H and O–H groups in total. The first-order valence-electron chi connectivity index (χ1n) is 4.74. The van der Waals surface area contributed by atoms with Crippen LogP contribution in [0.25, 0.3) is 11.6 Å². The van der Waals surface area contributed by atoms with Crippen LogP contribution in [0, 0.1) is 0 Å². The normalized spacial score (nSPS) is 13.9. The minimum atomic E-state index is -0.136. The molecule has 0 unspecified atom stereocenters. The van der Waals surface area contributed by atoms with Crippen molar-refractivity contribution in [1.29, 1.82) is 0 Å². The molecule has 1 rings (SSSR count). The van der Waals surface area contributed by atoms with Crippen molar-refractivity contribution in [2.24, 2.45) is 0 Å². The third-order valence-corrected chi connectivity index (χ3v) is 2.42. The SMILES string of the molecule is C=C(Cl)/C=c1/nc(Cl)nc(O)/c1=C(\C)CC. The van der Waals surface area contributed by atoms with Gasteiger partial charge in [-0.15, -0.1) is 0 Å². The van der Waals surface area contributed by atoms with Gasteiger partial charge >= 0.3 is 0 Å². The summed E-state index contributed by atoms with van der Waals surface area (Å²) in [5.41, 5.74) is 0.957. The second-order valence-electron chi connectivity index (χ2n) is 3.30. The zero-order valence-electron chi connectivity index (χ0n) is 9.09. The highest BCUT2D eigenvalue weighted by Crippen LogP contribution is 2.04. The highest BCUT2D eigenvalue weighted by Gasteiger charge is 2.03. The molecule has 0 aliphatic carbocycles. The van der Waals surface area contributed by atoms with Crippen LogP contribution in [0.5, 0.6) is 5.88 Å². The van der Waals surface area contributed by atoms with Crippen molar-refractivity contribution in [2.75, 3.05) is 0 Å². The van der Waals surface area contributed by atoms with Gasteiger partial charge in [0.2, 0.25) is 11.2 Å². The van der Waals surface area contributed by atoms with E-state index in [1.165, 1.54) is 0 Å². The van der Waals surface area contributed by atoms with Crippen LogP contribution in [0.3, 0.4) is 0 Å². The first kappa shape index (κ1) is 13.0. The first-order chi connectivity index (χ1) is 7.45. The predicted molar refractivity (Wildman–Crippen MR) is 66.8 cm³/mol. The van der Waals surface area contributed by atoms with Gasteiger partial charge in [0.05, 0.1) is 10.6 Å². The molecule has 5 heteroatoms. The Balaban J connectivity index is 3.79. The van der Waals surface area contributed by atoms with Crippen LogP contribution in [0.4, 0.5) is 0 Å². The van der Waals surface area contributed by atoms with Crippen LogP contribution in [-0.2, 0) is 0 Å². The number of halogens is 2. The van der Waals surface area contributed by atoms with Gasteiger partial charge in [-0.25, -0.2) is 4.98 Å². The van der Waals surface area contributed by atoms with Crippen molar-refractivity contribution in [2.45, 2.75) is 20.3 Å². The fourth-order valence-corrected chi connectivity index (χ4v) is 1.55. The van der Waals surface area contributed by atoms with Gasteiger partial charge in [0, 0.05) is 5.03 Å². The number of aromatic hydroxyl groups is 1. The van der Waals surface area contributed by atoms with Gasteiger partial charge in [0.1, 0.15) is 0 Å². The second kappa shape index (κ2) is 5.32. The molecule has 0 radical (unpaired) electrons. The van der Waals surface area contributed by atoms with Crippen molar-refractivity contribution < 1.29 is 5.11 Å². The summed E-state index contributed by atoms with van der Waals surface area (Å²) in [6, 6.07) is 0. The Bertz CT molecular complexity index is 538. The minimum absolute atomic E-state index is 0.0191. The Morgan fingerprint density at radius 1 is 1.50 bits per heavy atom. The number of hydrogen-bond donors (Lipinski definition) is 1. The van der Waals surface area contributed by atoms with E-state index in [1.54, 1.807) is 6.08 Å². The van der Waals surface area contributed by atoms with E-state index in [0.29, 0.717) is 15.6 Å². The van der Waals surface area contributed by atoms with Crippen LogP contribution in [0.1, 0.15) is 20.3 Å². The van der Waals surface area contributed by atoms with Crippen molar-refractivity contribution in [3.05, 3.63) is 27.5 Å². The van der Waals surface area contributed by atoms with Crippen LogP contribution in [-0.4, -0.2) is 15.1 Å². The van der Waals surface area contributed by atoms with Crippen LogP contribution in [0.15, 0.2) is 11.6 Å². The molecule has 86 valence electrons. The molecule has 0 aliphatic heterocycles. The second-order valence-corrected chi connectivity index (χ2v) is 4.13. The molecule has 1 aromatic heterocycles. The summed E-state index contributed by atoms with van der Waals surface area (Å²) in [6.07, 6.45) is 2.32. The number of allylic oxidation sites excluding steroid dienone is 1. The molecular weight excluding hydrogens is 247 g/mol. The van der Waals surface area contributed by atoms with Crippen LogP contribution >= 0.6 is 23.2 Å². The van der Waals surface area contributed by atoms with Gasteiger partial charge in [-0.05, 0) is 31.0 Å². The quantitative estimate of drug-likeness (QED) is 0.826. The Labute approximate surface area is 104 Å². The predicted octanol–water partition coefficient (Wildman–Crippen LogP) is 1.95. The zero-order chi connectivity index (χ0) is 12.3. The van der Waals surface area contributed by atoms with E-state index in [-0.39, 0.29) is 11.2 Å². The van der Waals surface area contributed by atoms with E-state index >= 15 is 0 Å². The fraction of sp³-hybridized carbons (Fsp3) is 0.273. The van der Waals surface area contributed by atoms with E-state index in [0.717, 1.165) is 12.0 Å². The average molecular weight is 259 g/mol. The standard InChI is InChI=1S/C11H12Cl2N2O/c1-4-6(2)9-8(5-7(3)12)14-11(13)15-10(9)16/h5H,3-4H2,1-2H3,(H,14,15,16)/b8-5+,9-6+. The maximum absolute atomic E-state index is 9.74. The lowest BCUT2D eigenvalue weighted by Crippen LogP contribution is -2.31. The first-order valence-corrected chi connectivity index (χ1v) is 5.49. The molecule has 0 aromatic carbocycles. The zero-order valence-corrected chi connectivity index (χ0v) is 10.6. The molecule has 0 saturated heterocycles. The average Bonchev–Trinajstić information content (AvgIpc) is 2.14. The lowest BCUT2D eigenvalue weighted by atomic mass is 10.1. The van der Waals surface area contributed by atoms with E-state index in [2.05, 4.69) is 16.5 Å². The number of hydrogen-bond acceptors (Lipinski definition) is 3. The summed E-state index contributed by atoms with van der Waals surface area (Å²) in [5.74, 6) is -0.136. The summed E-state index contributed by atoms with van der Waals surface area (Å²) < 4.78 is 0. The summed E-state index contributed by atoms with van der Waals surface area (Å²) in [6.45, 7) is 7.42. The molecule has 0 amide bonds. The molecule has 1 aromatic rings. The summed E-state index contributed by atoms with van der Waals surface area (Å²) in [4.78, 5) is 7.72. The van der Waals surface area contributed by atoms with Gasteiger partial charge in [-0.1, -0.05) is 30.7 Å². The van der Waals surface area contributed by atoms with Crippen LogP contribution < -0.4 is 10.6 Å². The van der Waals surface area contributed by atoms with Crippen molar-refractivity contribution in [3.8, 4) is 5.88 Å². The number of nitrogens with zero attached hydrogens (tertiary/aromatic N) is 2. The Kier molecular flexibility index (Phi) is 4.33. The molecule has 16 heavy (non-hydrogen) atoms. The summed E-state index contributed by atoms with van der Waals surface area (Å²) >= 11 is 11.4. The Morgan fingerprint density at radius 3 is 2.62 bits per heavy atom. The molecule has 1 heterocycles. The van der Waals surface area contributed by atoms with Gasteiger partial charge in [-0.3, -0.25) is 0 Å². The molecular formula is C11H12Cl2N2O. The summed E-state index contributed by atoms with van der Waals surface area (Å²) in [7, 11) is 0. The molecule has 0 saturated carbocycles. The van der Waals surface area contributed by atoms with Gasteiger partial charge in [0.15, 0.2) is 0 Å². The van der Waals surface area contributed by atoms with Crippen molar-refractivity contribution >= 4 is 34.9 Å². The maximum atomic E-state index is 9.74. The molecule has 0 atom stereocenters. The largest absolute Gasteiger partial charge is 0.493 e. The van der Waals surface area contributed by atoms with Gasteiger partial charge in [0.25, 0.3) is 0 Å². The topological polar surface area (TPSA) is 46.0 Å². The molecule has 3 nitrogen and oxygen atoms in total. The molecule has 0 aliphatic rings. The number of rotatable bonds is 2. The van der Waals surface area contributed by atoms with E-state index in [4.69, 9.17) is 23.2 Å². The van der Waals surface area contributed by atoms with Gasteiger partial charge < -0.3 is 5.11 Å². The Morgan fingerprint density at radius 2 is 2.12 bits per heavy atom. The highest BCUT2D eigenvalue weighted by atomic mass is 35.5. The van der Waals surface area contributed by atoms with E-state index in [9.17, 15) is 5.11 Å². The lowest BCUT2D eigenvalue weighted by Gasteiger charge is -2.00. The van der Waals surface area contributed by atoms with Crippen LogP contribution in [0.2, 0.25) is 5.28 Å². The molecule has 0 fully saturated rings. The highest BCUT2D eigenvalue weighted by molar-refractivity contribution is 6.33. The maximum Gasteiger partial charge on any atom is 0.226 e. The van der Waals surface area contributed by atoms with E-state index in [1.807, 2.05) is 13.8 Å². The molecule has 0 bridgehead atoms. The minimum Gasteiger partial charge on any atom is -0.493 e. The lowest BCUT2D eigenvalue weighted by molar-refractivity contribution is 0.445. The Hall–Kier alpha value is -1.06. The smallest absolute Gasteiger partial charge is 0.226 e. The van der Waals surface area contributed by atoms with Crippen molar-refractivity contribution in [3.63, 3.8) is 0 Å². The van der Waals surface area contributed by atoms with Gasteiger partial charge in [-0.2, -0.15) is 4.98 Å². The molecule has 0 spiro atoms. The van der Waals surface area contributed by atoms with Crippen molar-refractivity contribution in [1.82, 2.24) is 9.97 Å². The third kappa shape index (κ3) is 2.97. The fourth-order valence-electron chi connectivity index (χ4n) is 1.28. The summed E-state index contributed by atoms with van der Waals surface area (Å²) in [5, 5.41) is 11.1. The third-order valence-electron chi connectivity index (χ3n) is 2.14. The number of aromatic nitrogens is 2. The van der Waals surface area contributed by atoms with E-state index < -0.39 is 0 Å².